The first-order valence-electron chi connectivity index (χ1n) is 9.39. The van der Waals surface area contributed by atoms with Gasteiger partial charge in [0.2, 0.25) is 0 Å². The highest BCUT2D eigenvalue weighted by atomic mass is 19.1. The van der Waals surface area contributed by atoms with Gasteiger partial charge in [0, 0.05) is 30.3 Å². The van der Waals surface area contributed by atoms with Gasteiger partial charge in [-0.3, -0.25) is 14.3 Å². The number of halogens is 1. The van der Waals surface area contributed by atoms with E-state index in [0.29, 0.717) is 34.3 Å². The van der Waals surface area contributed by atoms with Gasteiger partial charge in [0.05, 0.1) is 24.2 Å². The Morgan fingerprint density at radius 2 is 2.28 bits per heavy atom. The molecule has 3 N–H and O–H groups in total. The Morgan fingerprint density at radius 3 is 3.00 bits per heavy atom. The van der Waals surface area contributed by atoms with Crippen LogP contribution < -0.4 is 16.0 Å². The van der Waals surface area contributed by atoms with Crippen molar-refractivity contribution in [3.8, 4) is 5.75 Å². The van der Waals surface area contributed by atoms with E-state index in [4.69, 9.17) is 10.5 Å². The maximum atomic E-state index is 13.5. The fourth-order valence-corrected chi connectivity index (χ4v) is 3.86. The first-order chi connectivity index (χ1) is 13.9. The van der Waals surface area contributed by atoms with Crippen LogP contribution in [0.1, 0.15) is 23.1 Å². The van der Waals surface area contributed by atoms with Crippen molar-refractivity contribution in [2.45, 2.75) is 32.4 Å². The molecule has 0 spiro atoms. The first-order valence-corrected chi connectivity index (χ1v) is 9.39. The van der Waals surface area contributed by atoms with Gasteiger partial charge in [-0.1, -0.05) is 24.8 Å². The Labute approximate surface area is 167 Å². The standard InChI is InChI=1S/C22H22FN3O3/c1-12-18(13(2)24)22(28)26-10-17(11-27)29-21-15(9-25-19(12)20(21)26)8-14-4-3-5-16(23)7-6-14/h3-4,6-7,9,17,27H,2,5,8,10-11,24H2,1H3. The molecule has 3 heterocycles. The monoisotopic (exact) mass is 395 g/mol. The lowest BCUT2D eigenvalue weighted by atomic mass is 10.00. The SMILES string of the molecule is C=C(N)c1c(C)c2ncc(CC3=CC=C(F)CC=C3)c3c2n(c1=O)CC(CO)O3. The number of allylic oxidation sites excluding steroid dienone is 6. The molecule has 1 atom stereocenters. The lowest BCUT2D eigenvalue weighted by Gasteiger charge is -2.29. The van der Waals surface area contributed by atoms with Crippen molar-refractivity contribution in [1.29, 1.82) is 0 Å². The fraction of sp³-hybridized carbons (Fsp3) is 0.273. The highest BCUT2D eigenvalue weighted by Crippen LogP contribution is 2.36. The van der Waals surface area contributed by atoms with Gasteiger partial charge >= 0.3 is 0 Å². The van der Waals surface area contributed by atoms with Crippen LogP contribution in [0.3, 0.4) is 0 Å². The number of pyridine rings is 2. The summed E-state index contributed by atoms with van der Waals surface area (Å²) in [6, 6.07) is 0. The van der Waals surface area contributed by atoms with Crippen LogP contribution in [0.4, 0.5) is 4.39 Å². The molecule has 0 bridgehead atoms. The van der Waals surface area contributed by atoms with Gasteiger partial charge in [0.1, 0.15) is 17.4 Å². The molecule has 0 saturated carbocycles. The number of aliphatic hydroxyl groups excluding tert-OH is 1. The third-order valence-corrected chi connectivity index (χ3v) is 5.25. The number of aliphatic hydroxyl groups is 1. The summed E-state index contributed by atoms with van der Waals surface area (Å²) in [6.45, 7) is 5.47. The highest BCUT2D eigenvalue weighted by Gasteiger charge is 2.28. The summed E-state index contributed by atoms with van der Waals surface area (Å²) >= 11 is 0. The van der Waals surface area contributed by atoms with Crippen LogP contribution in [0.25, 0.3) is 16.7 Å². The second-order valence-corrected chi connectivity index (χ2v) is 7.31. The molecular formula is C22H22FN3O3. The zero-order chi connectivity index (χ0) is 20.7. The van der Waals surface area contributed by atoms with Crippen LogP contribution in [0.5, 0.6) is 5.75 Å². The molecule has 2 aliphatic rings. The quantitative estimate of drug-likeness (QED) is 0.831. The molecule has 1 unspecified atom stereocenters. The van der Waals surface area contributed by atoms with E-state index < -0.39 is 6.10 Å². The van der Waals surface area contributed by atoms with Gasteiger partial charge in [-0.25, -0.2) is 4.39 Å². The van der Waals surface area contributed by atoms with E-state index in [2.05, 4.69) is 11.6 Å². The normalized spacial score (nSPS) is 18.1. The topological polar surface area (TPSA) is 90.4 Å². The number of nitrogens with zero attached hydrogens (tertiary/aromatic N) is 2. The van der Waals surface area contributed by atoms with E-state index in [0.717, 1.165) is 11.1 Å². The molecule has 0 saturated heterocycles. The van der Waals surface area contributed by atoms with Gasteiger partial charge in [0.15, 0.2) is 5.75 Å². The number of nitrogens with two attached hydrogens (primary N) is 1. The molecule has 0 fully saturated rings. The van der Waals surface area contributed by atoms with Gasteiger partial charge in [-0.05, 0) is 24.1 Å². The van der Waals surface area contributed by atoms with Crippen LogP contribution in [-0.4, -0.2) is 27.4 Å². The highest BCUT2D eigenvalue weighted by molar-refractivity contribution is 5.89. The molecule has 1 aliphatic heterocycles. The summed E-state index contributed by atoms with van der Waals surface area (Å²) in [4.78, 5) is 17.7. The van der Waals surface area contributed by atoms with Crippen molar-refractivity contribution in [2.24, 2.45) is 5.73 Å². The van der Waals surface area contributed by atoms with Gasteiger partial charge in [-0.15, -0.1) is 0 Å². The lowest BCUT2D eigenvalue weighted by molar-refractivity contribution is 0.0934. The number of hydrogen-bond donors (Lipinski definition) is 2. The van der Waals surface area contributed by atoms with Crippen molar-refractivity contribution in [1.82, 2.24) is 9.55 Å². The third kappa shape index (κ3) is 3.27. The van der Waals surface area contributed by atoms with E-state index >= 15 is 0 Å². The molecule has 4 rings (SSSR count). The number of aromatic nitrogens is 2. The Balaban J connectivity index is 1.94. The minimum atomic E-state index is -0.567. The second-order valence-electron chi connectivity index (χ2n) is 7.31. The van der Waals surface area contributed by atoms with E-state index in [-0.39, 0.29) is 36.7 Å². The second kappa shape index (κ2) is 7.33. The minimum absolute atomic E-state index is 0.181. The minimum Gasteiger partial charge on any atom is -0.484 e. The largest absolute Gasteiger partial charge is 0.484 e. The van der Waals surface area contributed by atoms with Gasteiger partial charge < -0.3 is 15.6 Å². The molecule has 0 amide bonds. The molecule has 150 valence electrons. The zero-order valence-electron chi connectivity index (χ0n) is 16.1. The van der Waals surface area contributed by atoms with E-state index in [9.17, 15) is 14.3 Å². The van der Waals surface area contributed by atoms with Crippen LogP contribution in [0.2, 0.25) is 0 Å². The van der Waals surface area contributed by atoms with E-state index in [1.807, 2.05) is 6.08 Å². The Morgan fingerprint density at radius 1 is 1.48 bits per heavy atom. The maximum Gasteiger partial charge on any atom is 0.260 e. The Bertz CT molecular complexity index is 1170. The fourth-order valence-electron chi connectivity index (χ4n) is 3.86. The van der Waals surface area contributed by atoms with Crippen molar-refractivity contribution in [3.63, 3.8) is 0 Å². The number of hydrogen-bond acceptors (Lipinski definition) is 5. The van der Waals surface area contributed by atoms with Crippen molar-refractivity contribution < 1.29 is 14.2 Å². The van der Waals surface area contributed by atoms with Crippen molar-refractivity contribution in [2.75, 3.05) is 6.61 Å². The summed E-state index contributed by atoms with van der Waals surface area (Å²) in [5.74, 6) is 0.308. The zero-order valence-corrected chi connectivity index (χ0v) is 16.1. The molecule has 0 radical (unpaired) electrons. The van der Waals surface area contributed by atoms with E-state index in [1.54, 1.807) is 29.8 Å². The van der Waals surface area contributed by atoms with Crippen LogP contribution in [0, 0.1) is 6.92 Å². The molecule has 2 aromatic rings. The Hall–Kier alpha value is -3.19. The van der Waals surface area contributed by atoms with Crippen LogP contribution in [0.15, 0.2) is 53.3 Å². The number of ether oxygens (including phenoxy) is 1. The number of aryl methyl sites for hydroxylation is 1. The molecule has 29 heavy (non-hydrogen) atoms. The summed E-state index contributed by atoms with van der Waals surface area (Å²) in [5.41, 5.74) is 9.59. The van der Waals surface area contributed by atoms with Crippen LogP contribution >= 0.6 is 0 Å². The molecule has 6 nitrogen and oxygen atoms in total. The average Bonchev–Trinajstić information content (AvgIpc) is 2.90. The summed E-state index contributed by atoms with van der Waals surface area (Å²) < 4.78 is 21.1. The van der Waals surface area contributed by atoms with Gasteiger partial charge in [0.25, 0.3) is 5.56 Å². The summed E-state index contributed by atoms with van der Waals surface area (Å²) in [5, 5.41) is 9.70. The smallest absolute Gasteiger partial charge is 0.260 e. The predicted molar refractivity (Wildman–Crippen MR) is 110 cm³/mol. The first kappa shape index (κ1) is 19.1. The third-order valence-electron chi connectivity index (χ3n) is 5.25. The summed E-state index contributed by atoms with van der Waals surface area (Å²) in [7, 11) is 0. The summed E-state index contributed by atoms with van der Waals surface area (Å²) in [6.07, 6.45) is 8.65. The molecule has 1 aliphatic carbocycles. The predicted octanol–water partition coefficient (Wildman–Crippen LogP) is 2.67. The molecule has 0 aromatic carbocycles. The average molecular weight is 395 g/mol. The molecule has 2 aromatic heterocycles. The van der Waals surface area contributed by atoms with Gasteiger partial charge in [-0.2, -0.15) is 0 Å². The number of rotatable bonds is 4. The molecule has 7 heteroatoms. The van der Waals surface area contributed by atoms with Crippen LogP contribution in [-0.2, 0) is 13.0 Å². The molecular weight excluding hydrogens is 373 g/mol. The van der Waals surface area contributed by atoms with E-state index in [1.165, 1.54) is 6.08 Å². The maximum absolute atomic E-state index is 13.5. The lowest BCUT2D eigenvalue weighted by Crippen LogP contribution is -2.38. The van der Waals surface area contributed by atoms with Crippen molar-refractivity contribution >= 4 is 16.7 Å². The van der Waals surface area contributed by atoms with Crippen molar-refractivity contribution in [3.05, 3.63) is 75.5 Å². The Kier molecular flexibility index (Phi) is 4.84.